The van der Waals surface area contributed by atoms with Crippen LogP contribution < -0.4 is 14.8 Å². The second kappa shape index (κ2) is 8.97. The van der Waals surface area contributed by atoms with Gasteiger partial charge in [-0.05, 0) is 42.8 Å². The van der Waals surface area contributed by atoms with Gasteiger partial charge in [0.05, 0.1) is 19.0 Å². The predicted molar refractivity (Wildman–Crippen MR) is 118 cm³/mol. The summed E-state index contributed by atoms with van der Waals surface area (Å²) >= 11 is 7.43. The fourth-order valence-corrected chi connectivity index (χ4v) is 3.88. The van der Waals surface area contributed by atoms with Gasteiger partial charge in [0, 0.05) is 29.7 Å². The van der Waals surface area contributed by atoms with Crippen molar-refractivity contribution in [2.24, 2.45) is 7.05 Å². The van der Waals surface area contributed by atoms with E-state index in [1.54, 1.807) is 6.07 Å². The first-order valence-corrected chi connectivity index (χ1v) is 10.9. The van der Waals surface area contributed by atoms with Crippen LogP contribution in [0, 0.1) is 6.92 Å². The highest BCUT2D eigenvalue weighted by Gasteiger charge is 2.17. The smallest absolute Gasteiger partial charge is 0.234 e. The first-order valence-electron chi connectivity index (χ1n) is 9.49. The molecule has 1 aliphatic rings. The van der Waals surface area contributed by atoms with Crippen LogP contribution in [-0.2, 0) is 11.8 Å². The van der Waals surface area contributed by atoms with Gasteiger partial charge in [0.15, 0.2) is 22.5 Å². The Kier molecular flexibility index (Phi) is 6.15. The topological polar surface area (TPSA) is 78.3 Å². The number of hydrogen-bond acceptors (Lipinski definition) is 6. The first-order chi connectivity index (χ1) is 14.5. The number of aromatic nitrogens is 3. The van der Waals surface area contributed by atoms with Crippen LogP contribution in [0.3, 0.4) is 0 Å². The Balaban J connectivity index is 1.42. The van der Waals surface area contributed by atoms with Gasteiger partial charge in [0.1, 0.15) is 0 Å². The van der Waals surface area contributed by atoms with E-state index in [4.69, 9.17) is 21.1 Å². The zero-order valence-corrected chi connectivity index (χ0v) is 18.2. The average molecular weight is 445 g/mol. The number of fused-ring (bicyclic) bond motifs is 1. The van der Waals surface area contributed by atoms with Gasteiger partial charge >= 0.3 is 0 Å². The molecular formula is C21H21ClN4O3S. The molecule has 1 N–H and O–H groups in total. The zero-order chi connectivity index (χ0) is 21.1. The van der Waals surface area contributed by atoms with Gasteiger partial charge in [-0.25, -0.2) is 0 Å². The molecule has 9 heteroatoms. The van der Waals surface area contributed by atoms with Crippen LogP contribution in [0.5, 0.6) is 11.5 Å². The maximum Gasteiger partial charge on any atom is 0.234 e. The molecule has 30 heavy (non-hydrogen) atoms. The van der Waals surface area contributed by atoms with Gasteiger partial charge in [-0.3, -0.25) is 4.79 Å². The second-order valence-electron chi connectivity index (χ2n) is 6.88. The molecule has 1 aromatic heterocycles. The van der Waals surface area contributed by atoms with Crippen molar-refractivity contribution in [3.63, 3.8) is 0 Å². The summed E-state index contributed by atoms with van der Waals surface area (Å²) in [6.45, 7) is 3.18. The molecule has 0 unspecified atom stereocenters. The first kappa shape index (κ1) is 20.6. The Morgan fingerprint density at radius 1 is 1.17 bits per heavy atom. The Morgan fingerprint density at radius 2 is 1.97 bits per heavy atom. The van der Waals surface area contributed by atoms with Crippen LogP contribution in [-0.4, -0.2) is 39.6 Å². The van der Waals surface area contributed by atoms with Crippen LogP contribution >= 0.6 is 23.4 Å². The molecule has 0 atom stereocenters. The summed E-state index contributed by atoms with van der Waals surface area (Å²) in [5.74, 6) is 2.21. The van der Waals surface area contributed by atoms with Crippen LogP contribution in [0.4, 0.5) is 5.69 Å². The number of carbonyl (C=O) groups excluding carboxylic acids is 1. The molecule has 0 bridgehead atoms. The van der Waals surface area contributed by atoms with Crippen molar-refractivity contribution in [3.05, 3.63) is 47.0 Å². The van der Waals surface area contributed by atoms with E-state index < -0.39 is 0 Å². The number of amides is 1. The van der Waals surface area contributed by atoms with E-state index in [0.717, 1.165) is 23.3 Å². The number of nitrogens with zero attached hydrogens (tertiary/aromatic N) is 3. The summed E-state index contributed by atoms with van der Waals surface area (Å²) in [5, 5.41) is 12.6. The number of ether oxygens (including phenoxy) is 2. The lowest BCUT2D eigenvalue weighted by Gasteiger charge is -2.09. The highest BCUT2D eigenvalue weighted by atomic mass is 35.5. The van der Waals surface area contributed by atoms with Gasteiger partial charge < -0.3 is 19.4 Å². The van der Waals surface area contributed by atoms with Crippen LogP contribution in [0.1, 0.15) is 12.0 Å². The number of halogens is 1. The van der Waals surface area contributed by atoms with E-state index in [1.807, 2.05) is 48.9 Å². The molecule has 2 aromatic carbocycles. The van der Waals surface area contributed by atoms with Gasteiger partial charge in [-0.1, -0.05) is 29.4 Å². The number of nitrogens with one attached hydrogen (secondary N) is 1. The minimum absolute atomic E-state index is 0.139. The van der Waals surface area contributed by atoms with E-state index >= 15 is 0 Å². The van der Waals surface area contributed by atoms with E-state index in [2.05, 4.69) is 15.5 Å². The van der Waals surface area contributed by atoms with Crippen molar-refractivity contribution in [2.75, 3.05) is 24.3 Å². The number of anilines is 1. The van der Waals surface area contributed by atoms with Crippen LogP contribution in [0.25, 0.3) is 11.4 Å². The van der Waals surface area contributed by atoms with Crippen molar-refractivity contribution >= 4 is 35.0 Å². The molecule has 0 spiro atoms. The zero-order valence-electron chi connectivity index (χ0n) is 16.6. The van der Waals surface area contributed by atoms with Gasteiger partial charge in [-0.15, -0.1) is 10.2 Å². The van der Waals surface area contributed by atoms with Crippen molar-refractivity contribution in [1.82, 2.24) is 14.8 Å². The number of carbonyl (C=O) groups is 1. The largest absolute Gasteiger partial charge is 0.490 e. The predicted octanol–water partition coefficient (Wildman–Crippen LogP) is 4.34. The third-order valence-corrected chi connectivity index (χ3v) is 6.06. The van der Waals surface area contributed by atoms with E-state index in [9.17, 15) is 4.79 Å². The SMILES string of the molecule is Cc1ccc(NC(=O)CSc2nnc(-c3ccc4c(c3)OCCCO4)n2C)cc1Cl. The molecule has 0 fully saturated rings. The minimum atomic E-state index is -0.139. The lowest BCUT2D eigenvalue weighted by molar-refractivity contribution is -0.113. The van der Waals surface area contributed by atoms with Crippen molar-refractivity contribution in [2.45, 2.75) is 18.5 Å². The molecular weight excluding hydrogens is 424 g/mol. The Labute approximate surface area is 183 Å². The molecule has 156 valence electrons. The summed E-state index contributed by atoms with van der Waals surface area (Å²) < 4.78 is 13.3. The van der Waals surface area contributed by atoms with Crippen molar-refractivity contribution in [3.8, 4) is 22.9 Å². The van der Waals surface area contributed by atoms with Gasteiger partial charge in [-0.2, -0.15) is 0 Å². The fourth-order valence-electron chi connectivity index (χ4n) is 2.99. The average Bonchev–Trinajstić information content (AvgIpc) is 2.94. The number of thioether (sulfide) groups is 1. The molecule has 0 radical (unpaired) electrons. The Hall–Kier alpha value is -2.71. The molecule has 0 aliphatic carbocycles. The molecule has 4 rings (SSSR count). The number of hydrogen-bond donors (Lipinski definition) is 1. The molecule has 2 heterocycles. The summed E-state index contributed by atoms with van der Waals surface area (Å²) in [6.07, 6.45) is 0.853. The highest BCUT2D eigenvalue weighted by Crippen LogP contribution is 2.34. The van der Waals surface area contributed by atoms with E-state index in [1.165, 1.54) is 11.8 Å². The van der Waals surface area contributed by atoms with E-state index in [-0.39, 0.29) is 11.7 Å². The Bertz CT molecular complexity index is 1090. The van der Waals surface area contributed by atoms with Crippen LogP contribution in [0.2, 0.25) is 5.02 Å². The summed E-state index contributed by atoms with van der Waals surface area (Å²) in [5.41, 5.74) is 2.51. The molecule has 1 aliphatic heterocycles. The van der Waals surface area contributed by atoms with Crippen LogP contribution in [0.15, 0.2) is 41.6 Å². The number of rotatable bonds is 5. The number of benzene rings is 2. The second-order valence-corrected chi connectivity index (χ2v) is 8.23. The maximum atomic E-state index is 12.3. The third kappa shape index (κ3) is 4.55. The molecule has 1 amide bonds. The minimum Gasteiger partial charge on any atom is -0.490 e. The highest BCUT2D eigenvalue weighted by molar-refractivity contribution is 7.99. The third-order valence-electron chi connectivity index (χ3n) is 4.63. The normalized spacial score (nSPS) is 13.0. The van der Waals surface area contributed by atoms with Gasteiger partial charge in [0.2, 0.25) is 5.91 Å². The lowest BCUT2D eigenvalue weighted by atomic mass is 10.2. The molecule has 7 nitrogen and oxygen atoms in total. The molecule has 0 saturated heterocycles. The maximum absolute atomic E-state index is 12.3. The number of aryl methyl sites for hydroxylation is 1. The van der Waals surface area contributed by atoms with Gasteiger partial charge in [0.25, 0.3) is 0 Å². The fraction of sp³-hybridized carbons (Fsp3) is 0.286. The van der Waals surface area contributed by atoms with Crippen molar-refractivity contribution < 1.29 is 14.3 Å². The van der Waals surface area contributed by atoms with Crippen molar-refractivity contribution in [1.29, 1.82) is 0 Å². The molecule has 0 saturated carbocycles. The summed E-state index contributed by atoms with van der Waals surface area (Å²) in [6, 6.07) is 11.2. The summed E-state index contributed by atoms with van der Waals surface area (Å²) in [7, 11) is 1.87. The Morgan fingerprint density at radius 3 is 2.77 bits per heavy atom. The summed E-state index contributed by atoms with van der Waals surface area (Å²) in [4.78, 5) is 12.3. The molecule has 3 aromatic rings. The quantitative estimate of drug-likeness (QED) is 0.590. The van der Waals surface area contributed by atoms with E-state index in [0.29, 0.717) is 40.7 Å². The standard InChI is InChI=1S/C21H21ClN4O3S/c1-13-4-6-15(11-16(13)22)23-19(27)12-30-21-25-24-20(26(21)2)14-5-7-17-18(10-14)29-9-3-8-28-17/h4-7,10-11H,3,8-9,12H2,1-2H3,(H,23,27). The lowest BCUT2D eigenvalue weighted by Crippen LogP contribution is -2.14. The monoisotopic (exact) mass is 444 g/mol.